The Morgan fingerprint density at radius 1 is 1.50 bits per heavy atom. The Bertz CT molecular complexity index is 610. The number of hydrogen-bond donors (Lipinski definition) is 0. The van der Waals surface area contributed by atoms with Gasteiger partial charge in [0.15, 0.2) is 0 Å². The van der Waals surface area contributed by atoms with Gasteiger partial charge in [-0.25, -0.2) is 4.68 Å². The van der Waals surface area contributed by atoms with Crippen molar-refractivity contribution in [2.24, 2.45) is 12.5 Å². The molecule has 2 unspecified atom stereocenters. The molecule has 2 fully saturated rings. The minimum atomic E-state index is -0.0921. The molecule has 5 nitrogen and oxygen atoms in total. The van der Waals surface area contributed by atoms with E-state index in [0.29, 0.717) is 16.6 Å². The van der Waals surface area contributed by atoms with E-state index in [9.17, 15) is 4.79 Å². The Morgan fingerprint density at radius 3 is 2.82 bits per heavy atom. The summed E-state index contributed by atoms with van der Waals surface area (Å²) < 4.78 is 7.94. The summed E-state index contributed by atoms with van der Waals surface area (Å²) in [4.78, 5) is 14.3. The molecule has 0 N–H and O–H groups in total. The highest BCUT2D eigenvalue weighted by Gasteiger charge is 2.58. The fraction of sp³-hybridized carbons (Fsp3) is 0.750. The van der Waals surface area contributed by atoms with E-state index >= 15 is 0 Å². The normalized spacial score (nSPS) is 26.2. The van der Waals surface area contributed by atoms with Crippen molar-refractivity contribution in [3.05, 3.63) is 21.0 Å². The highest BCUT2D eigenvalue weighted by Crippen LogP contribution is 2.57. The lowest BCUT2D eigenvalue weighted by Crippen LogP contribution is -2.63. The second kappa shape index (κ2) is 5.96. The van der Waals surface area contributed by atoms with Crippen molar-refractivity contribution in [2.45, 2.75) is 51.2 Å². The molecule has 1 spiro atoms. The Kier molecular flexibility index (Phi) is 4.34. The van der Waals surface area contributed by atoms with Crippen LogP contribution in [0.15, 0.2) is 15.5 Å². The molecular weight excluding hydrogens is 346 g/mol. The van der Waals surface area contributed by atoms with Crippen molar-refractivity contribution in [1.82, 2.24) is 9.78 Å². The van der Waals surface area contributed by atoms with Gasteiger partial charge in [0.2, 0.25) is 0 Å². The molecule has 2 atom stereocenters. The summed E-state index contributed by atoms with van der Waals surface area (Å²) in [6.07, 6.45) is 8.19. The van der Waals surface area contributed by atoms with Gasteiger partial charge in [0.25, 0.3) is 5.56 Å². The minimum Gasteiger partial charge on any atom is -0.378 e. The van der Waals surface area contributed by atoms with Crippen molar-refractivity contribution in [3.8, 4) is 0 Å². The number of hydrogen-bond acceptors (Lipinski definition) is 4. The average molecular weight is 370 g/mol. The summed E-state index contributed by atoms with van der Waals surface area (Å²) >= 11 is 3.45. The van der Waals surface area contributed by atoms with Crippen molar-refractivity contribution in [1.29, 1.82) is 0 Å². The monoisotopic (exact) mass is 369 g/mol. The van der Waals surface area contributed by atoms with Crippen molar-refractivity contribution in [3.63, 3.8) is 0 Å². The summed E-state index contributed by atoms with van der Waals surface area (Å²) in [6.45, 7) is 2.85. The van der Waals surface area contributed by atoms with Crippen LogP contribution in [0.5, 0.6) is 0 Å². The summed E-state index contributed by atoms with van der Waals surface area (Å²) in [5.41, 5.74) is 1.05. The zero-order valence-corrected chi connectivity index (χ0v) is 15.1. The maximum Gasteiger partial charge on any atom is 0.282 e. The zero-order valence-electron chi connectivity index (χ0n) is 13.5. The number of halogens is 1. The number of nitrogens with zero attached hydrogens (tertiary/aromatic N) is 3. The molecular formula is C16H24BrN3O2. The van der Waals surface area contributed by atoms with Gasteiger partial charge in [0.1, 0.15) is 4.47 Å². The van der Waals surface area contributed by atoms with Gasteiger partial charge in [-0.2, -0.15) is 5.10 Å². The Labute approximate surface area is 139 Å². The van der Waals surface area contributed by atoms with Gasteiger partial charge in [-0.1, -0.05) is 12.8 Å². The van der Waals surface area contributed by atoms with E-state index in [2.05, 4.69) is 39.9 Å². The Balaban J connectivity index is 1.88. The second-order valence-corrected chi connectivity index (χ2v) is 7.31. The zero-order chi connectivity index (χ0) is 15.9. The molecule has 0 aliphatic heterocycles. The topological polar surface area (TPSA) is 47.4 Å². The molecule has 122 valence electrons. The van der Waals surface area contributed by atoms with E-state index in [1.165, 1.54) is 30.4 Å². The van der Waals surface area contributed by atoms with Crippen LogP contribution in [0.25, 0.3) is 0 Å². The third kappa shape index (κ3) is 2.31. The molecule has 0 aromatic carbocycles. The molecule has 1 aromatic rings. The van der Waals surface area contributed by atoms with Crippen LogP contribution in [0.3, 0.4) is 0 Å². The van der Waals surface area contributed by atoms with E-state index < -0.39 is 0 Å². The van der Waals surface area contributed by atoms with Crippen molar-refractivity contribution in [2.75, 3.05) is 18.6 Å². The van der Waals surface area contributed by atoms with Gasteiger partial charge in [-0.05, 0) is 42.1 Å². The van der Waals surface area contributed by atoms with E-state index in [1.54, 1.807) is 13.2 Å². The predicted octanol–water partition coefficient (Wildman–Crippen LogP) is 2.72. The van der Waals surface area contributed by atoms with E-state index in [0.717, 1.165) is 18.7 Å². The summed E-state index contributed by atoms with van der Waals surface area (Å²) in [6, 6.07) is 0.428. The SMILES string of the molecule is CCOC1CC(N(C)c2cnn(C)c(=O)c2Br)C12CCCC2. The van der Waals surface area contributed by atoms with Crippen LogP contribution in [0, 0.1) is 5.41 Å². The van der Waals surface area contributed by atoms with Crippen LogP contribution in [0.1, 0.15) is 39.0 Å². The molecule has 1 heterocycles. The van der Waals surface area contributed by atoms with E-state index in [-0.39, 0.29) is 11.0 Å². The molecule has 2 saturated carbocycles. The van der Waals surface area contributed by atoms with Crippen LogP contribution in [-0.4, -0.2) is 35.6 Å². The predicted molar refractivity (Wildman–Crippen MR) is 90.3 cm³/mol. The molecule has 22 heavy (non-hydrogen) atoms. The molecule has 0 bridgehead atoms. The molecule has 0 radical (unpaired) electrons. The standard InChI is InChI=1S/C16H24BrN3O2/c1-4-22-13-9-12(16(13)7-5-6-8-16)19(2)11-10-18-20(3)15(21)14(11)17/h10,12-13H,4-9H2,1-3H3. The van der Waals surface area contributed by atoms with Crippen LogP contribution in [-0.2, 0) is 11.8 Å². The fourth-order valence-electron chi connectivity index (χ4n) is 4.31. The highest BCUT2D eigenvalue weighted by molar-refractivity contribution is 9.10. The van der Waals surface area contributed by atoms with Gasteiger partial charge < -0.3 is 9.64 Å². The van der Waals surface area contributed by atoms with Crippen LogP contribution >= 0.6 is 15.9 Å². The first-order valence-corrected chi connectivity index (χ1v) is 8.87. The van der Waals surface area contributed by atoms with Gasteiger partial charge in [0, 0.05) is 32.2 Å². The van der Waals surface area contributed by atoms with Crippen LogP contribution in [0.2, 0.25) is 0 Å². The van der Waals surface area contributed by atoms with Crippen LogP contribution in [0.4, 0.5) is 5.69 Å². The first-order chi connectivity index (χ1) is 10.5. The highest BCUT2D eigenvalue weighted by atomic mass is 79.9. The van der Waals surface area contributed by atoms with E-state index in [4.69, 9.17) is 4.74 Å². The molecule has 0 amide bonds. The molecule has 2 aliphatic carbocycles. The third-order valence-corrected chi connectivity index (χ3v) is 6.30. The number of rotatable bonds is 4. The molecule has 0 saturated heterocycles. The molecule has 6 heteroatoms. The lowest BCUT2D eigenvalue weighted by atomic mass is 9.60. The first kappa shape index (κ1) is 16.0. The van der Waals surface area contributed by atoms with Crippen molar-refractivity contribution >= 4 is 21.6 Å². The van der Waals surface area contributed by atoms with Crippen molar-refractivity contribution < 1.29 is 4.74 Å². The summed E-state index contributed by atoms with van der Waals surface area (Å²) in [7, 11) is 3.75. The number of aryl methyl sites for hydroxylation is 1. The molecule has 3 rings (SSSR count). The number of ether oxygens (including phenoxy) is 1. The van der Waals surface area contributed by atoms with E-state index in [1.807, 2.05) is 0 Å². The summed E-state index contributed by atoms with van der Waals surface area (Å²) in [5.74, 6) is 0. The smallest absolute Gasteiger partial charge is 0.282 e. The summed E-state index contributed by atoms with van der Waals surface area (Å²) in [5, 5.41) is 4.17. The van der Waals surface area contributed by atoms with Gasteiger partial charge in [0.05, 0.1) is 18.0 Å². The fourth-order valence-corrected chi connectivity index (χ4v) is 4.95. The average Bonchev–Trinajstić information content (AvgIpc) is 3.01. The lowest BCUT2D eigenvalue weighted by molar-refractivity contribution is -0.121. The minimum absolute atomic E-state index is 0.0921. The van der Waals surface area contributed by atoms with Gasteiger partial charge in [-0.15, -0.1) is 0 Å². The van der Waals surface area contributed by atoms with Gasteiger partial charge in [-0.3, -0.25) is 4.79 Å². The van der Waals surface area contributed by atoms with Gasteiger partial charge >= 0.3 is 0 Å². The maximum atomic E-state index is 12.1. The second-order valence-electron chi connectivity index (χ2n) is 6.52. The third-order valence-electron chi connectivity index (χ3n) is 5.55. The largest absolute Gasteiger partial charge is 0.378 e. The number of anilines is 1. The molecule has 1 aromatic heterocycles. The Hall–Kier alpha value is -0.880. The number of aromatic nitrogens is 2. The maximum absolute atomic E-state index is 12.1. The Morgan fingerprint density at radius 2 is 2.18 bits per heavy atom. The first-order valence-electron chi connectivity index (χ1n) is 8.07. The van der Waals surface area contributed by atoms with Crippen LogP contribution < -0.4 is 10.5 Å². The molecule has 2 aliphatic rings. The quantitative estimate of drug-likeness (QED) is 0.818. The lowest BCUT2D eigenvalue weighted by Gasteiger charge is -2.57.